The van der Waals surface area contributed by atoms with Crippen LogP contribution in [0.2, 0.25) is 18.1 Å². The van der Waals surface area contributed by atoms with Crippen molar-refractivity contribution in [3.63, 3.8) is 0 Å². The van der Waals surface area contributed by atoms with E-state index in [2.05, 4.69) is 19.7 Å². The number of carbonyl (C=O) groups excluding carboxylic acids is 1. The van der Waals surface area contributed by atoms with Crippen LogP contribution in [0, 0.1) is 0 Å². The Hall–Kier alpha value is -1.09. The first-order valence-corrected chi connectivity index (χ1v) is 8.32. The molecular weight excluding hydrogens is 216 g/mol. The first-order chi connectivity index (χ1) is 7.70. The molecule has 3 heteroatoms. The van der Waals surface area contributed by atoms with Crippen molar-refractivity contribution >= 4 is 14.5 Å². The zero-order chi connectivity index (χ0) is 12.4. The Bertz CT molecular complexity index is 222. The van der Waals surface area contributed by atoms with Gasteiger partial charge in [0.1, 0.15) is 8.07 Å². The van der Waals surface area contributed by atoms with Gasteiger partial charge in [0.25, 0.3) is 6.47 Å². The molecule has 0 rings (SSSR count). The molecule has 0 heterocycles. The van der Waals surface area contributed by atoms with Crippen LogP contribution in [-0.2, 0) is 9.53 Å². The van der Waals surface area contributed by atoms with Gasteiger partial charge in [-0.15, -0.1) is 19.7 Å². The van der Waals surface area contributed by atoms with Crippen molar-refractivity contribution in [2.24, 2.45) is 0 Å². The van der Waals surface area contributed by atoms with Gasteiger partial charge in [-0.2, -0.15) is 0 Å². The fraction of sp³-hybridized carbons (Fsp3) is 0.462. The third-order valence-corrected chi connectivity index (χ3v) is 8.14. The Kier molecular flexibility index (Phi) is 7.55. The second-order valence-electron chi connectivity index (χ2n) is 3.97. The van der Waals surface area contributed by atoms with Crippen molar-refractivity contribution in [1.29, 1.82) is 0 Å². The van der Waals surface area contributed by atoms with E-state index in [9.17, 15) is 4.79 Å². The van der Waals surface area contributed by atoms with Gasteiger partial charge in [-0.05, 0) is 24.6 Å². The number of hydrogen-bond donors (Lipinski definition) is 0. The SMILES string of the molecule is C=CC[Si](CC=C)(CC=C)C(CC)OC=O. The topological polar surface area (TPSA) is 26.3 Å². The van der Waals surface area contributed by atoms with Crippen molar-refractivity contribution in [3.8, 4) is 0 Å². The molecule has 1 unspecified atom stereocenters. The molecule has 0 aromatic rings. The molecule has 0 saturated heterocycles. The van der Waals surface area contributed by atoms with Crippen LogP contribution >= 0.6 is 0 Å². The molecule has 0 bridgehead atoms. The maximum atomic E-state index is 10.6. The highest BCUT2D eigenvalue weighted by molar-refractivity contribution is 6.82. The Balaban J connectivity index is 5.05. The maximum absolute atomic E-state index is 10.6. The second-order valence-corrected chi connectivity index (χ2v) is 8.56. The quantitative estimate of drug-likeness (QED) is 0.331. The zero-order valence-electron chi connectivity index (χ0n) is 10.2. The summed E-state index contributed by atoms with van der Waals surface area (Å²) in [4.78, 5) is 10.6. The van der Waals surface area contributed by atoms with E-state index in [1.807, 2.05) is 25.2 Å². The molecule has 0 N–H and O–H groups in total. The normalized spacial score (nSPS) is 12.6. The summed E-state index contributed by atoms with van der Waals surface area (Å²) in [6, 6.07) is 2.78. The van der Waals surface area contributed by atoms with Gasteiger partial charge in [0.05, 0.1) is 5.73 Å². The summed E-state index contributed by atoms with van der Waals surface area (Å²) in [7, 11) is -1.75. The molecule has 2 nitrogen and oxygen atoms in total. The van der Waals surface area contributed by atoms with Gasteiger partial charge in [-0.1, -0.05) is 25.2 Å². The predicted molar refractivity (Wildman–Crippen MR) is 72.0 cm³/mol. The third kappa shape index (κ3) is 3.81. The lowest BCUT2D eigenvalue weighted by Gasteiger charge is -2.35. The van der Waals surface area contributed by atoms with E-state index in [1.54, 1.807) is 0 Å². The van der Waals surface area contributed by atoms with E-state index in [4.69, 9.17) is 4.74 Å². The summed E-state index contributed by atoms with van der Waals surface area (Å²) in [6.07, 6.45) is 6.63. The van der Waals surface area contributed by atoms with Crippen LogP contribution < -0.4 is 0 Å². The van der Waals surface area contributed by atoms with Crippen molar-refractivity contribution in [2.75, 3.05) is 0 Å². The predicted octanol–water partition coefficient (Wildman–Crippen LogP) is 3.48. The highest BCUT2D eigenvalue weighted by atomic mass is 28.3. The Morgan fingerprint density at radius 3 is 1.81 bits per heavy atom. The monoisotopic (exact) mass is 238 g/mol. The summed E-state index contributed by atoms with van der Waals surface area (Å²) in [5.74, 6) is 0. The Morgan fingerprint density at radius 2 is 1.56 bits per heavy atom. The first kappa shape index (κ1) is 14.9. The molecule has 16 heavy (non-hydrogen) atoms. The minimum Gasteiger partial charge on any atom is -0.468 e. The van der Waals surface area contributed by atoms with Gasteiger partial charge in [0, 0.05) is 0 Å². The molecule has 0 fully saturated rings. The largest absolute Gasteiger partial charge is 0.468 e. The van der Waals surface area contributed by atoms with Gasteiger partial charge in [0.15, 0.2) is 0 Å². The van der Waals surface area contributed by atoms with Crippen molar-refractivity contribution in [1.82, 2.24) is 0 Å². The molecule has 0 spiro atoms. The van der Waals surface area contributed by atoms with E-state index >= 15 is 0 Å². The van der Waals surface area contributed by atoms with Gasteiger partial charge in [-0.3, -0.25) is 4.79 Å². The van der Waals surface area contributed by atoms with Crippen molar-refractivity contribution < 1.29 is 9.53 Å². The molecule has 0 aliphatic rings. The second kappa shape index (κ2) is 8.10. The van der Waals surface area contributed by atoms with Crippen molar-refractivity contribution in [2.45, 2.75) is 37.2 Å². The molecule has 0 saturated carbocycles. The molecular formula is C13H22O2Si. The number of hydrogen-bond acceptors (Lipinski definition) is 2. The van der Waals surface area contributed by atoms with Crippen LogP contribution in [0.1, 0.15) is 13.3 Å². The van der Waals surface area contributed by atoms with Crippen LogP contribution in [0.25, 0.3) is 0 Å². The minimum atomic E-state index is -1.75. The molecule has 0 amide bonds. The van der Waals surface area contributed by atoms with Crippen LogP contribution in [0.4, 0.5) is 0 Å². The standard InChI is InChI=1S/C13H22O2Si/c1-5-9-16(10-6-2,11-7-3)13(8-4)15-12-14/h5-7,12-13H,1-3,8-11H2,4H3. The lowest BCUT2D eigenvalue weighted by atomic mass is 10.5. The fourth-order valence-electron chi connectivity index (χ4n) is 2.25. The average molecular weight is 238 g/mol. The molecule has 0 radical (unpaired) electrons. The summed E-state index contributed by atoms with van der Waals surface area (Å²) in [5.41, 5.74) is 0.0269. The minimum absolute atomic E-state index is 0.0269. The third-order valence-electron chi connectivity index (χ3n) is 2.93. The fourth-order valence-corrected chi connectivity index (χ4v) is 6.47. The number of ether oxygens (including phenoxy) is 1. The summed E-state index contributed by atoms with van der Waals surface area (Å²) >= 11 is 0. The van der Waals surface area contributed by atoms with E-state index in [0.29, 0.717) is 6.47 Å². The summed E-state index contributed by atoms with van der Waals surface area (Å²) in [5, 5.41) is 0. The number of allylic oxidation sites excluding steroid dienone is 3. The molecule has 0 aromatic heterocycles. The summed E-state index contributed by atoms with van der Waals surface area (Å²) < 4.78 is 5.25. The van der Waals surface area contributed by atoms with Crippen LogP contribution in [0.15, 0.2) is 38.0 Å². The van der Waals surface area contributed by atoms with Gasteiger partial charge < -0.3 is 4.74 Å². The Morgan fingerprint density at radius 1 is 1.12 bits per heavy atom. The van der Waals surface area contributed by atoms with Crippen LogP contribution in [-0.4, -0.2) is 20.3 Å². The van der Waals surface area contributed by atoms with E-state index in [0.717, 1.165) is 24.6 Å². The lowest BCUT2D eigenvalue weighted by Crippen LogP contribution is -2.47. The van der Waals surface area contributed by atoms with Crippen LogP contribution in [0.3, 0.4) is 0 Å². The number of carbonyl (C=O) groups is 1. The maximum Gasteiger partial charge on any atom is 0.293 e. The molecule has 0 aliphatic carbocycles. The molecule has 0 aliphatic heterocycles. The smallest absolute Gasteiger partial charge is 0.293 e. The average Bonchev–Trinajstić information content (AvgIpc) is 2.26. The van der Waals surface area contributed by atoms with Gasteiger partial charge in [0.2, 0.25) is 0 Å². The van der Waals surface area contributed by atoms with E-state index in [-0.39, 0.29) is 5.73 Å². The summed E-state index contributed by atoms with van der Waals surface area (Å²) in [6.45, 7) is 14.0. The van der Waals surface area contributed by atoms with Gasteiger partial charge >= 0.3 is 0 Å². The highest BCUT2D eigenvalue weighted by Gasteiger charge is 2.38. The molecule has 0 aromatic carbocycles. The zero-order valence-corrected chi connectivity index (χ0v) is 11.2. The van der Waals surface area contributed by atoms with E-state index < -0.39 is 8.07 Å². The van der Waals surface area contributed by atoms with E-state index in [1.165, 1.54) is 0 Å². The number of rotatable bonds is 10. The highest BCUT2D eigenvalue weighted by Crippen LogP contribution is 2.29. The molecule has 90 valence electrons. The first-order valence-electron chi connectivity index (χ1n) is 5.62. The van der Waals surface area contributed by atoms with Gasteiger partial charge in [-0.25, -0.2) is 0 Å². The molecule has 1 atom stereocenters. The lowest BCUT2D eigenvalue weighted by molar-refractivity contribution is -0.130. The van der Waals surface area contributed by atoms with Crippen molar-refractivity contribution in [3.05, 3.63) is 38.0 Å². The van der Waals surface area contributed by atoms with Crippen LogP contribution in [0.5, 0.6) is 0 Å². The Labute approximate surface area is 99.7 Å².